The van der Waals surface area contributed by atoms with Crippen LogP contribution in [0.25, 0.3) is 0 Å². The number of nitrogens with zero attached hydrogens (tertiary/aromatic N) is 2. The predicted molar refractivity (Wildman–Crippen MR) is 123 cm³/mol. The van der Waals surface area contributed by atoms with Crippen LogP contribution in [-0.2, 0) is 9.53 Å². The first-order chi connectivity index (χ1) is 13.1. The molecule has 164 valence electrons. The monoisotopic (exact) mass is 510 g/mol. The molecule has 2 rings (SSSR count). The first-order valence-corrected chi connectivity index (χ1v) is 10.7. The number of guanidine groups is 1. The fourth-order valence-corrected chi connectivity index (χ4v) is 3.88. The van der Waals surface area contributed by atoms with Crippen LogP contribution < -0.4 is 10.6 Å². The molecule has 0 aromatic carbocycles. The number of hydrogen-bond donors (Lipinski definition) is 3. The Labute approximate surface area is 187 Å². The van der Waals surface area contributed by atoms with Crippen LogP contribution in [0.2, 0.25) is 0 Å². The minimum Gasteiger partial charge on any atom is -0.466 e. The SMILES string of the molecule is CCNC(=NCCCN1CCC(O)CC1)NC1CCC(C(=O)OCC)CC1.I. The van der Waals surface area contributed by atoms with Gasteiger partial charge in [-0.1, -0.05) is 0 Å². The lowest BCUT2D eigenvalue weighted by molar-refractivity contribution is -0.149. The van der Waals surface area contributed by atoms with Crippen molar-refractivity contribution in [3.63, 3.8) is 0 Å². The van der Waals surface area contributed by atoms with Crippen molar-refractivity contribution in [2.45, 2.75) is 70.9 Å². The van der Waals surface area contributed by atoms with E-state index in [0.717, 1.165) is 83.6 Å². The number of aliphatic imine (C=N–C) groups is 1. The van der Waals surface area contributed by atoms with E-state index in [1.54, 1.807) is 0 Å². The third kappa shape index (κ3) is 9.26. The zero-order chi connectivity index (χ0) is 19.5. The number of aliphatic hydroxyl groups excluding tert-OH is 1. The molecule has 1 saturated heterocycles. The molecular formula is C20H39IN4O3. The van der Waals surface area contributed by atoms with Crippen LogP contribution in [0.5, 0.6) is 0 Å². The fraction of sp³-hybridized carbons (Fsp3) is 0.900. The molecule has 1 aliphatic carbocycles. The van der Waals surface area contributed by atoms with Gasteiger partial charge in [0.25, 0.3) is 0 Å². The third-order valence-electron chi connectivity index (χ3n) is 5.49. The molecule has 28 heavy (non-hydrogen) atoms. The minimum absolute atomic E-state index is 0. The number of rotatable bonds is 8. The van der Waals surface area contributed by atoms with E-state index in [1.807, 2.05) is 6.92 Å². The Kier molecular flexibility index (Phi) is 13.1. The van der Waals surface area contributed by atoms with Gasteiger partial charge in [0.1, 0.15) is 0 Å². The Morgan fingerprint density at radius 2 is 1.82 bits per heavy atom. The lowest BCUT2D eigenvalue weighted by Gasteiger charge is -2.29. The van der Waals surface area contributed by atoms with Gasteiger partial charge in [0, 0.05) is 32.2 Å². The van der Waals surface area contributed by atoms with E-state index in [1.165, 1.54) is 0 Å². The molecule has 0 atom stereocenters. The highest BCUT2D eigenvalue weighted by Crippen LogP contribution is 2.25. The summed E-state index contributed by atoms with van der Waals surface area (Å²) in [7, 11) is 0. The summed E-state index contributed by atoms with van der Waals surface area (Å²) < 4.78 is 5.14. The van der Waals surface area contributed by atoms with Gasteiger partial charge in [-0.25, -0.2) is 0 Å². The number of hydrogen-bond acceptors (Lipinski definition) is 5. The van der Waals surface area contributed by atoms with Crippen LogP contribution >= 0.6 is 24.0 Å². The average molecular weight is 510 g/mol. The van der Waals surface area contributed by atoms with Crippen LogP contribution in [0.4, 0.5) is 0 Å². The maximum Gasteiger partial charge on any atom is 0.308 e. The summed E-state index contributed by atoms with van der Waals surface area (Å²) in [5.74, 6) is 0.901. The number of esters is 1. The van der Waals surface area contributed by atoms with Gasteiger partial charge in [-0.3, -0.25) is 9.79 Å². The van der Waals surface area contributed by atoms with Gasteiger partial charge in [0.15, 0.2) is 5.96 Å². The maximum absolute atomic E-state index is 11.9. The minimum atomic E-state index is -0.109. The molecule has 0 aromatic rings. The lowest BCUT2D eigenvalue weighted by Crippen LogP contribution is -2.45. The number of halogens is 1. The second-order valence-corrected chi connectivity index (χ2v) is 7.63. The summed E-state index contributed by atoms with van der Waals surface area (Å²) in [6.45, 7) is 9.07. The van der Waals surface area contributed by atoms with Crippen LogP contribution in [0, 0.1) is 5.92 Å². The van der Waals surface area contributed by atoms with Gasteiger partial charge >= 0.3 is 5.97 Å². The van der Waals surface area contributed by atoms with Crippen molar-refractivity contribution in [1.82, 2.24) is 15.5 Å². The molecule has 1 heterocycles. The van der Waals surface area contributed by atoms with E-state index in [0.29, 0.717) is 12.6 Å². The predicted octanol–water partition coefficient (Wildman–Crippen LogP) is 2.13. The molecule has 7 nitrogen and oxygen atoms in total. The Hall–Kier alpha value is -0.610. The van der Waals surface area contributed by atoms with Crippen molar-refractivity contribution in [3.05, 3.63) is 0 Å². The highest BCUT2D eigenvalue weighted by atomic mass is 127. The van der Waals surface area contributed by atoms with E-state index < -0.39 is 0 Å². The normalized spacial score (nSPS) is 24.3. The number of carbonyl (C=O) groups is 1. The Balaban J connectivity index is 0.00000392. The zero-order valence-corrected chi connectivity index (χ0v) is 19.8. The summed E-state index contributed by atoms with van der Waals surface area (Å²) in [4.78, 5) is 19.0. The molecule has 0 radical (unpaired) electrons. The summed E-state index contributed by atoms with van der Waals surface area (Å²) in [6, 6.07) is 0.372. The standard InChI is InChI=1S/C20H38N4O3.HI/c1-3-21-20(22-12-5-13-24-14-10-18(25)11-15-24)23-17-8-6-16(7-9-17)19(26)27-4-2;/h16-18,25H,3-15H2,1-2H3,(H2,21,22,23);1H. The summed E-state index contributed by atoms with van der Waals surface area (Å²) in [5.41, 5.74) is 0. The van der Waals surface area contributed by atoms with Crippen LogP contribution in [0.15, 0.2) is 4.99 Å². The van der Waals surface area contributed by atoms with Gasteiger partial charge in [0.2, 0.25) is 0 Å². The number of nitrogens with one attached hydrogen (secondary N) is 2. The van der Waals surface area contributed by atoms with Crippen molar-refractivity contribution in [3.8, 4) is 0 Å². The first-order valence-electron chi connectivity index (χ1n) is 10.7. The molecule has 1 aliphatic heterocycles. The molecule has 8 heteroatoms. The highest BCUT2D eigenvalue weighted by molar-refractivity contribution is 14.0. The molecule has 2 fully saturated rings. The van der Waals surface area contributed by atoms with Crippen molar-refractivity contribution in [2.24, 2.45) is 10.9 Å². The van der Waals surface area contributed by atoms with Gasteiger partial charge in [0.05, 0.1) is 18.6 Å². The fourth-order valence-electron chi connectivity index (χ4n) is 3.88. The zero-order valence-electron chi connectivity index (χ0n) is 17.5. The van der Waals surface area contributed by atoms with E-state index >= 15 is 0 Å². The van der Waals surface area contributed by atoms with Crippen molar-refractivity contribution >= 4 is 35.9 Å². The summed E-state index contributed by atoms with van der Waals surface area (Å²) in [6.07, 6.45) is 6.43. The number of aliphatic hydroxyl groups is 1. The second kappa shape index (κ2) is 14.4. The molecule has 0 amide bonds. The lowest BCUT2D eigenvalue weighted by atomic mass is 9.86. The van der Waals surface area contributed by atoms with Crippen molar-refractivity contribution in [1.29, 1.82) is 0 Å². The summed E-state index contributed by atoms with van der Waals surface area (Å²) >= 11 is 0. The number of carbonyl (C=O) groups excluding carboxylic acids is 1. The number of ether oxygens (including phenoxy) is 1. The summed E-state index contributed by atoms with van der Waals surface area (Å²) in [5, 5.41) is 16.4. The van der Waals surface area contributed by atoms with Gasteiger partial charge < -0.3 is 25.4 Å². The number of likely N-dealkylation sites (tertiary alicyclic amines) is 1. The van der Waals surface area contributed by atoms with Crippen molar-refractivity contribution in [2.75, 3.05) is 39.3 Å². The van der Waals surface area contributed by atoms with E-state index in [4.69, 9.17) is 9.73 Å². The quantitative estimate of drug-likeness (QED) is 0.153. The molecule has 0 bridgehead atoms. The van der Waals surface area contributed by atoms with Crippen molar-refractivity contribution < 1.29 is 14.6 Å². The van der Waals surface area contributed by atoms with Gasteiger partial charge in [-0.05, 0) is 65.3 Å². The van der Waals surface area contributed by atoms with E-state index in [2.05, 4.69) is 22.5 Å². The smallest absolute Gasteiger partial charge is 0.308 e. The molecule has 0 spiro atoms. The molecule has 0 unspecified atom stereocenters. The Morgan fingerprint density at radius 3 is 2.43 bits per heavy atom. The topological polar surface area (TPSA) is 86.2 Å². The molecular weight excluding hydrogens is 471 g/mol. The Bertz CT molecular complexity index is 462. The third-order valence-corrected chi connectivity index (χ3v) is 5.49. The van der Waals surface area contributed by atoms with Crippen LogP contribution in [-0.4, -0.2) is 73.4 Å². The van der Waals surface area contributed by atoms with E-state index in [9.17, 15) is 9.90 Å². The Morgan fingerprint density at radius 1 is 1.14 bits per heavy atom. The molecule has 0 aromatic heterocycles. The van der Waals surface area contributed by atoms with Crippen LogP contribution in [0.3, 0.4) is 0 Å². The average Bonchev–Trinajstić information content (AvgIpc) is 2.67. The van der Waals surface area contributed by atoms with Gasteiger partial charge in [-0.15, -0.1) is 24.0 Å². The maximum atomic E-state index is 11.9. The molecule has 3 N–H and O–H groups in total. The molecule has 2 aliphatic rings. The van der Waals surface area contributed by atoms with Crippen LogP contribution in [0.1, 0.15) is 58.8 Å². The highest BCUT2D eigenvalue weighted by Gasteiger charge is 2.27. The largest absolute Gasteiger partial charge is 0.466 e. The first kappa shape index (κ1) is 25.4. The van der Waals surface area contributed by atoms with E-state index in [-0.39, 0.29) is 42.0 Å². The van der Waals surface area contributed by atoms with Gasteiger partial charge in [-0.2, -0.15) is 0 Å². The second-order valence-electron chi connectivity index (χ2n) is 7.63. The molecule has 1 saturated carbocycles. The number of piperidine rings is 1.